The molecule has 1 amide bonds. The van der Waals surface area contributed by atoms with Crippen molar-refractivity contribution in [2.24, 2.45) is 0 Å². The molecule has 5 nitrogen and oxygen atoms in total. The number of hydrogen-bond donors (Lipinski definition) is 0. The minimum atomic E-state index is -4.53. The third-order valence-corrected chi connectivity index (χ3v) is 4.51. The number of hydrogen-bond acceptors (Lipinski definition) is 3. The number of aromatic nitrogens is 2. The second-order valence-electron chi connectivity index (χ2n) is 8.07. The molecule has 0 aliphatic carbocycles. The topological polar surface area (TPSA) is 47.4 Å². The van der Waals surface area contributed by atoms with E-state index in [2.05, 4.69) is 5.10 Å². The quantitative estimate of drug-likeness (QED) is 0.749. The molecule has 1 aromatic heterocycles. The summed E-state index contributed by atoms with van der Waals surface area (Å²) in [5.74, 6) is 0. The maximum absolute atomic E-state index is 13.5. The number of ether oxygens (including phenoxy) is 1. The van der Waals surface area contributed by atoms with Gasteiger partial charge >= 0.3 is 12.3 Å². The van der Waals surface area contributed by atoms with Gasteiger partial charge in [0.25, 0.3) is 0 Å². The summed E-state index contributed by atoms with van der Waals surface area (Å²) in [5.41, 5.74) is 0.955. The smallest absolute Gasteiger partial charge is 0.435 e. The van der Waals surface area contributed by atoms with Crippen molar-refractivity contribution < 1.29 is 22.7 Å². The van der Waals surface area contributed by atoms with Crippen molar-refractivity contribution in [1.82, 2.24) is 14.7 Å². The van der Waals surface area contributed by atoms with Crippen LogP contribution in [0.25, 0.3) is 0 Å². The number of amides is 1. The lowest BCUT2D eigenvalue weighted by Crippen LogP contribution is -2.40. The van der Waals surface area contributed by atoms with Crippen LogP contribution in [-0.4, -0.2) is 32.9 Å². The van der Waals surface area contributed by atoms with E-state index >= 15 is 0 Å². The average Bonchev–Trinajstić information content (AvgIpc) is 2.93. The van der Waals surface area contributed by atoms with E-state index in [1.807, 2.05) is 31.2 Å². The first-order valence-corrected chi connectivity index (χ1v) is 9.13. The maximum Gasteiger partial charge on any atom is 0.435 e. The van der Waals surface area contributed by atoms with Gasteiger partial charge < -0.3 is 9.64 Å². The molecule has 3 rings (SSSR count). The molecule has 152 valence electrons. The number of alkyl halides is 3. The second-order valence-corrected chi connectivity index (χ2v) is 8.07. The molecule has 28 heavy (non-hydrogen) atoms. The Bertz CT molecular complexity index is 865. The maximum atomic E-state index is 13.5. The number of aryl methyl sites for hydroxylation is 1. The fourth-order valence-corrected chi connectivity index (χ4v) is 3.19. The van der Waals surface area contributed by atoms with Crippen LogP contribution in [0.4, 0.5) is 18.0 Å². The molecule has 1 aliphatic heterocycles. The van der Waals surface area contributed by atoms with Crippen molar-refractivity contribution in [3.05, 3.63) is 52.3 Å². The first-order valence-electron chi connectivity index (χ1n) is 9.13. The van der Waals surface area contributed by atoms with Crippen molar-refractivity contribution in [3.8, 4) is 0 Å². The highest BCUT2D eigenvalue weighted by molar-refractivity contribution is 5.68. The summed E-state index contributed by atoms with van der Waals surface area (Å²) in [7, 11) is 0. The summed E-state index contributed by atoms with van der Waals surface area (Å²) in [4.78, 5) is 13.8. The van der Waals surface area contributed by atoms with Crippen molar-refractivity contribution in [3.63, 3.8) is 0 Å². The van der Waals surface area contributed by atoms with E-state index in [0.717, 1.165) is 11.1 Å². The number of carbonyl (C=O) groups is 1. The highest BCUT2D eigenvalue weighted by Crippen LogP contribution is 2.35. The van der Waals surface area contributed by atoms with Gasteiger partial charge in [-0.05, 0) is 39.7 Å². The summed E-state index contributed by atoms with van der Waals surface area (Å²) in [6.45, 7) is 7.62. The van der Waals surface area contributed by atoms with Gasteiger partial charge in [-0.1, -0.05) is 29.8 Å². The Hall–Kier alpha value is -2.51. The Labute approximate surface area is 162 Å². The molecule has 1 aliphatic rings. The summed E-state index contributed by atoms with van der Waals surface area (Å²) >= 11 is 0. The van der Waals surface area contributed by atoms with Gasteiger partial charge in [0.15, 0.2) is 5.69 Å². The van der Waals surface area contributed by atoms with E-state index in [9.17, 15) is 18.0 Å². The largest absolute Gasteiger partial charge is 0.444 e. The first-order chi connectivity index (χ1) is 12.9. The van der Waals surface area contributed by atoms with E-state index < -0.39 is 23.6 Å². The molecule has 0 spiro atoms. The van der Waals surface area contributed by atoms with Gasteiger partial charge in [0.05, 0.1) is 18.8 Å². The van der Waals surface area contributed by atoms with Gasteiger partial charge in [0, 0.05) is 12.1 Å². The monoisotopic (exact) mass is 395 g/mol. The van der Waals surface area contributed by atoms with Crippen LogP contribution in [0.3, 0.4) is 0 Å². The van der Waals surface area contributed by atoms with Gasteiger partial charge in [-0.3, -0.25) is 4.68 Å². The zero-order valence-corrected chi connectivity index (χ0v) is 16.4. The molecule has 0 radical (unpaired) electrons. The van der Waals surface area contributed by atoms with Crippen LogP contribution in [0.15, 0.2) is 24.3 Å². The lowest BCUT2D eigenvalue weighted by Gasteiger charge is -2.30. The lowest BCUT2D eigenvalue weighted by atomic mass is 10.0. The van der Waals surface area contributed by atoms with E-state index in [4.69, 9.17) is 4.74 Å². The molecule has 8 heteroatoms. The van der Waals surface area contributed by atoms with Crippen LogP contribution >= 0.6 is 0 Å². The number of nitrogens with zero attached hydrogens (tertiary/aromatic N) is 3. The minimum absolute atomic E-state index is 0.0409. The van der Waals surface area contributed by atoms with Crippen molar-refractivity contribution >= 4 is 6.09 Å². The van der Waals surface area contributed by atoms with Crippen molar-refractivity contribution in [2.45, 2.75) is 59.0 Å². The second kappa shape index (κ2) is 7.14. The molecule has 2 heterocycles. The number of benzene rings is 1. The predicted molar refractivity (Wildman–Crippen MR) is 97.9 cm³/mol. The van der Waals surface area contributed by atoms with E-state index in [1.54, 1.807) is 20.8 Å². The zero-order chi connectivity index (χ0) is 20.7. The van der Waals surface area contributed by atoms with Crippen LogP contribution < -0.4 is 0 Å². The van der Waals surface area contributed by atoms with Gasteiger partial charge in [-0.2, -0.15) is 18.3 Å². The highest BCUT2D eigenvalue weighted by atomic mass is 19.4. The Morgan fingerprint density at radius 2 is 1.82 bits per heavy atom. The number of rotatable bonds is 2. The molecule has 0 saturated heterocycles. The van der Waals surface area contributed by atoms with Crippen molar-refractivity contribution in [1.29, 1.82) is 0 Å². The summed E-state index contributed by atoms with van der Waals surface area (Å²) < 4.78 is 47.2. The molecule has 0 atom stereocenters. The molecular formula is C20H24F3N3O2. The van der Waals surface area contributed by atoms with Crippen LogP contribution in [0.1, 0.15) is 48.8 Å². The van der Waals surface area contributed by atoms with Gasteiger partial charge in [-0.15, -0.1) is 0 Å². The average molecular weight is 395 g/mol. The third kappa shape index (κ3) is 4.48. The summed E-state index contributed by atoms with van der Waals surface area (Å²) in [6, 6.07) is 7.54. The molecule has 0 bridgehead atoms. The molecule has 0 fully saturated rings. The summed E-state index contributed by atoms with van der Waals surface area (Å²) in [6.07, 6.45) is -4.97. The van der Waals surface area contributed by atoms with Crippen LogP contribution in [0, 0.1) is 6.92 Å². The number of halogens is 3. The van der Waals surface area contributed by atoms with E-state index in [0.29, 0.717) is 5.69 Å². The molecule has 0 saturated carbocycles. The Morgan fingerprint density at radius 1 is 1.18 bits per heavy atom. The number of fused-ring (bicyclic) bond motifs is 1. The fourth-order valence-electron chi connectivity index (χ4n) is 3.19. The van der Waals surface area contributed by atoms with Crippen LogP contribution in [-0.2, 0) is 30.4 Å². The Balaban J connectivity index is 1.92. The fraction of sp³-hybridized carbons (Fsp3) is 0.500. The molecule has 2 aromatic rings. The van der Waals surface area contributed by atoms with Crippen molar-refractivity contribution in [2.75, 3.05) is 6.54 Å². The van der Waals surface area contributed by atoms with E-state index in [1.165, 1.54) is 9.58 Å². The normalized spacial score (nSPS) is 14.8. The van der Waals surface area contributed by atoms with Gasteiger partial charge in [0.1, 0.15) is 5.60 Å². The Morgan fingerprint density at radius 3 is 2.39 bits per heavy atom. The van der Waals surface area contributed by atoms with Gasteiger partial charge in [0.2, 0.25) is 0 Å². The van der Waals surface area contributed by atoms with Crippen LogP contribution in [0.2, 0.25) is 0 Å². The summed E-state index contributed by atoms with van der Waals surface area (Å²) in [5, 5.41) is 3.86. The Kier molecular flexibility index (Phi) is 5.16. The first kappa shape index (κ1) is 20.2. The highest BCUT2D eigenvalue weighted by Gasteiger charge is 2.41. The molecule has 0 unspecified atom stereocenters. The lowest BCUT2D eigenvalue weighted by molar-refractivity contribution is -0.142. The van der Waals surface area contributed by atoms with E-state index in [-0.39, 0.29) is 31.6 Å². The molecule has 0 N–H and O–H groups in total. The van der Waals surface area contributed by atoms with Gasteiger partial charge in [-0.25, -0.2) is 4.79 Å². The van der Waals surface area contributed by atoms with Crippen LogP contribution in [0.5, 0.6) is 0 Å². The molecular weight excluding hydrogens is 371 g/mol. The zero-order valence-electron chi connectivity index (χ0n) is 16.4. The molecule has 1 aromatic carbocycles. The number of carbonyl (C=O) groups excluding carboxylic acids is 1. The SMILES string of the molecule is Cc1ccc(Cn2nc(C(F)(F)F)c3c2CN(C(=O)OC(C)(C)C)CC3)cc1. The predicted octanol–water partition coefficient (Wildman–Crippen LogP) is 4.55. The minimum Gasteiger partial charge on any atom is -0.444 e. The standard InChI is InChI=1S/C20H24F3N3O2/c1-13-5-7-14(8-6-13)11-26-16-12-25(18(27)28-19(2,3)4)10-9-15(16)17(24-26)20(21,22)23/h5-8H,9-12H2,1-4H3. The third-order valence-electron chi connectivity index (χ3n) is 4.51.